The molecule has 0 saturated heterocycles. The molecule has 0 unspecified atom stereocenters. The first kappa shape index (κ1) is 16.1. The molecular formula is C17H15N3O3S. The Balaban J connectivity index is 1.59. The van der Waals surface area contributed by atoms with E-state index in [1.807, 2.05) is 31.2 Å². The summed E-state index contributed by atoms with van der Waals surface area (Å²) in [5, 5.41) is 20.4. The van der Waals surface area contributed by atoms with Crippen LogP contribution in [0.15, 0.2) is 58.2 Å². The summed E-state index contributed by atoms with van der Waals surface area (Å²) < 4.78 is 5.59. The second-order valence-electron chi connectivity index (χ2n) is 5.08. The van der Waals surface area contributed by atoms with Crippen molar-refractivity contribution in [2.45, 2.75) is 12.1 Å². The van der Waals surface area contributed by atoms with Crippen molar-refractivity contribution >= 4 is 23.4 Å². The molecule has 3 rings (SSSR count). The number of benzene rings is 2. The molecule has 6 nitrogen and oxygen atoms in total. The van der Waals surface area contributed by atoms with Crippen LogP contribution in [0.2, 0.25) is 0 Å². The number of thioether (sulfide) groups is 1. The fourth-order valence-corrected chi connectivity index (χ4v) is 2.66. The minimum Gasteiger partial charge on any atom is -0.508 e. The summed E-state index contributed by atoms with van der Waals surface area (Å²) in [5.41, 5.74) is 2.45. The molecule has 0 aliphatic heterocycles. The van der Waals surface area contributed by atoms with Gasteiger partial charge in [0, 0.05) is 17.3 Å². The van der Waals surface area contributed by atoms with Crippen LogP contribution in [0.1, 0.15) is 5.56 Å². The predicted molar refractivity (Wildman–Crippen MR) is 91.9 cm³/mol. The van der Waals surface area contributed by atoms with Gasteiger partial charge in [-0.15, -0.1) is 10.2 Å². The van der Waals surface area contributed by atoms with Crippen molar-refractivity contribution in [2.75, 3.05) is 11.1 Å². The van der Waals surface area contributed by atoms with Crippen molar-refractivity contribution in [1.82, 2.24) is 10.2 Å². The quantitative estimate of drug-likeness (QED) is 0.691. The van der Waals surface area contributed by atoms with Crippen LogP contribution >= 0.6 is 11.8 Å². The summed E-state index contributed by atoms with van der Waals surface area (Å²) in [6, 6.07) is 14.1. The minimum atomic E-state index is -0.221. The van der Waals surface area contributed by atoms with E-state index in [4.69, 9.17) is 4.42 Å². The predicted octanol–water partition coefficient (Wildman–Crippen LogP) is 3.48. The Kier molecular flexibility index (Phi) is 4.81. The number of nitrogens with zero attached hydrogens (tertiary/aromatic N) is 2. The van der Waals surface area contributed by atoms with Crippen LogP contribution in [0.5, 0.6) is 5.75 Å². The zero-order chi connectivity index (χ0) is 16.9. The maximum atomic E-state index is 11.9. The van der Waals surface area contributed by atoms with Crippen LogP contribution in [0.25, 0.3) is 11.5 Å². The summed E-state index contributed by atoms with van der Waals surface area (Å²) >= 11 is 1.16. The first-order valence-corrected chi connectivity index (χ1v) is 8.21. The van der Waals surface area contributed by atoms with Gasteiger partial charge in [0.25, 0.3) is 5.22 Å². The monoisotopic (exact) mass is 341 g/mol. The summed E-state index contributed by atoms with van der Waals surface area (Å²) in [7, 11) is 0. The number of phenolic OH excluding ortho intramolecular Hbond substituents is 1. The van der Waals surface area contributed by atoms with Gasteiger partial charge >= 0.3 is 0 Å². The number of hydrogen-bond donors (Lipinski definition) is 2. The highest BCUT2D eigenvalue weighted by Crippen LogP contribution is 2.25. The van der Waals surface area contributed by atoms with Gasteiger partial charge in [-0.2, -0.15) is 0 Å². The van der Waals surface area contributed by atoms with Gasteiger partial charge in [-0.25, -0.2) is 0 Å². The molecule has 24 heavy (non-hydrogen) atoms. The summed E-state index contributed by atoms with van der Waals surface area (Å²) in [4.78, 5) is 11.9. The van der Waals surface area contributed by atoms with Crippen molar-refractivity contribution in [3.8, 4) is 17.2 Å². The molecule has 0 spiro atoms. The van der Waals surface area contributed by atoms with E-state index in [2.05, 4.69) is 15.5 Å². The van der Waals surface area contributed by atoms with Gasteiger partial charge in [-0.05, 0) is 30.7 Å². The van der Waals surface area contributed by atoms with Crippen LogP contribution in [-0.2, 0) is 4.79 Å². The molecule has 0 saturated carbocycles. The Morgan fingerprint density at radius 2 is 2.04 bits per heavy atom. The Bertz CT molecular complexity index is 864. The number of aromatic nitrogens is 2. The highest BCUT2D eigenvalue weighted by molar-refractivity contribution is 7.99. The number of rotatable bonds is 5. The maximum absolute atomic E-state index is 11.9. The lowest BCUT2D eigenvalue weighted by molar-refractivity contribution is -0.113. The molecule has 7 heteroatoms. The number of carbonyl (C=O) groups excluding carboxylic acids is 1. The molecule has 122 valence electrons. The molecule has 1 aromatic heterocycles. The molecule has 2 aromatic carbocycles. The van der Waals surface area contributed by atoms with E-state index in [0.29, 0.717) is 16.8 Å². The van der Waals surface area contributed by atoms with Crippen molar-refractivity contribution < 1.29 is 14.3 Å². The number of nitrogens with one attached hydrogen (secondary N) is 1. The third kappa shape index (κ3) is 3.94. The summed E-state index contributed by atoms with van der Waals surface area (Å²) in [6.07, 6.45) is 0. The Hall–Kier alpha value is -2.80. The largest absolute Gasteiger partial charge is 0.508 e. The van der Waals surface area contributed by atoms with Gasteiger partial charge in [0.1, 0.15) is 5.75 Å². The van der Waals surface area contributed by atoms with Gasteiger partial charge in [-0.3, -0.25) is 4.79 Å². The second-order valence-corrected chi connectivity index (χ2v) is 6.00. The van der Waals surface area contributed by atoms with E-state index in [0.717, 1.165) is 22.9 Å². The third-order valence-corrected chi connectivity index (χ3v) is 4.06. The van der Waals surface area contributed by atoms with Gasteiger partial charge in [0.15, 0.2) is 0 Å². The van der Waals surface area contributed by atoms with Crippen LogP contribution in [0.4, 0.5) is 5.69 Å². The topological polar surface area (TPSA) is 88.2 Å². The lowest BCUT2D eigenvalue weighted by Crippen LogP contribution is -2.13. The van der Waals surface area contributed by atoms with Crippen molar-refractivity contribution in [3.05, 3.63) is 54.1 Å². The highest BCUT2D eigenvalue weighted by Gasteiger charge is 2.12. The standard InChI is InChI=1S/C17H15N3O3S/c1-11-5-2-3-8-14(11)16-19-20-17(23-16)24-10-15(22)18-12-6-4-7-13(21)9-12/h2-9,21H,10H2,1H3,(H,18,22). The first-order valence-electron chi connectivity index (χ1n) is 7.23. The number of hydrogen-bond acceptors (Lipinski definition) is 6. The first-order chi connectivity index (χ1) is 11.6. The molecule has 0 fully saturated rings. The smallest absolute Gasteiger partial charge is 0.277 e. The molecule has 0 atom stereocenters. The zero-order valence-corrected chi connectivity index (χ0v) is 13.7. The molecular weight excluding hydrogens is 326 g/mol. The number of carbonyl (C=O) groups is 1. The Labute approximate surface area is 142 Å². The average Bonchev–Trinajstić information content (AvgIpc) is 3.02. The Morgan fingerprint density at radius 1 is 1.21 bits per heavy atom. The van der Waals surface area contributed by atoms with E-state index in [-0.39, 0.29) is 17.4 Å². The normalized spacial score (nSPS) is 10.5. The number of aryl methyl sites for hydroxylation is 1. The van der Waals surface area contributed by atoms with Crippen LogP contribution in [0.3, 0.4) is 0 Å². The van der Waals surface area contributed by atoms with Gasteiger partial charge in [0.05, 0.1) is 5.75 Å². The molecule has 0 aliphatic carbocycles. The van der Waals surface area contributed by atoms with Crippen molar-refractivity contribution in [1.29, 1.82) is 0 Å². The van der Waals surface area contributed by atoms with Gasteiger partial charge in [-0.1, -0.05) is 36.0 Å². The number of aromatic hydroxyl groups is 1. The maximum Gasteiger partial charge on any atom is 0.277 e. The second kappa shape index (κ2) is 7.18. The number of phenols is 1. The number of anilines is 1. The Morgan fingerprint density at radius 3 is 2.83 bits per heavy atom. The average molecular weight is 341 g/mol. The van der Waals surface area contributed by atoms with Crippen molar-refractivity contribution in [2.24, 2.45) is 0 Å². The molecule has 0 radical (unpaired) electrons. The van der Waals surface area contributed by atoms with Crippen molar-refractivity contribution in [3.63, 3.8) is 0 Å². The van der Waals surface area contributed by atoms with E-state index in [1.54, 1.807) is 12.1 Å². The number of amides is 1. The molecule has 3 aromatic rings. The van der Waals surface area contributed by atoms with Gasteiger partial charge < -0.3 is 14.8 Å². The third-order valence-electron chi connectivity index (χ3n) is 3.24. The van der Waals surface area contributed by atoms with E-state index >= 15 is 0 Å². The zero-order valence-electron chi connectivity index (χ0n) is 12.9. The fraction of sp³-hybridized carbons (Fsp3) is 0.118. The van der Waals surface area contributed by atoms with Crippen LogP contribution in [0, 0.1) is 6.92 Å². The molecule has 0 aliphatic rings. The van der Waals surface area contributed by atoms with E-state index in [9.17, 15) is 9.90 Å². The fourth-order valence-electron chi connectivity index (χ4n) is 2.10. The molecule has 2 N–H and O–H groups in total. The van der Waals surface area contributed by atoms with Crippen LogP contribution < -0.4 is 5.32 Å². The lowest BCUT2D eigenvalue weighted by Gasteiger charge is -2.04. The summed E-state index contributed by atoms with van der Waals surface area (Å²) in [6.45, 7) is 1.97. The lowest BCUT2D eigenvalue weighted by atomic mass is 10.1. The summed E-state index contributed by atoms with van der Waals surface area (Å²) in [5.74, 6) is 0.441. The minimum absolute atomic E-state index is 0.0974. The van der Waals surface area contributed by atoms with Crippen LogP contribution in [-0.4, -0.2) is 27.0 Å². The van der Waals surface area contributed by atoms with Gasteiger partial charge in [0.2, 0.25) is 11.8 Å². The highest BCUT2D eigenvalue weighted by atomic mass is 32.2. The molecule has 1 amide bonds. The molecule has 0 bridgehead atoms. The SMILES string of the molecule is Cc1ccccc1-c1nnc(SCC(=O)Nc2cccc(O)c2)o1. The van der Waals surface area contributed by atoms with E-state index in [1.165, 1.54) is 12.1 Å². The molecule has 1 heterocycles. The van der Waals surface area contributed by atoms with E-state index < -0.39 is 0 Å².